The molecule has 0 aliphatic heterocycles. The Balaban J connectivity index is 2.67. The molecule has 4 nitrogen and oxygen atoms in total. The van der Waals surface area contributed by atoms with E-state index < -0.39 is 6.09 Å². The molecule has 0 atom stereocenters. The summed E-state index contributed by atoms with van der Waals surface area (Å²) in [5.41, 5.74) is 3.80. The second-order valence-corrected chi connectivity index (χ2v) is 3.48. The summed E-state index contributed by atoms with van der Waals surface area (Å²) in [4.78, 5) is 11.0. The average molecular weight is 241 g/mol. The molecule has 0 spiro atoms. The van der Waals surface area contributed by atoms with Crippen molar-refractivity contribution in [3.63, 3.8) is 0 Å². The zero-order valence-electron chi connectivity index (χ0n) is 9.16. The maximum Gasteiger partial charge on any atom is 0.427 e. The van der Waals surface area contributed by atoms with Crippen molar-refractivity contribution in [2.45, 2.75) is 13.8 Å². The van der Waals surface area contributed by atoms with Crippen LogP contribution in [-0.4, -0.2) is 18.4 Å². The van der Waals surface area contributed by atoms with Gasteiger partial charge in [0.25, 0.3) is 0 Å². The Labute approximate surface area is 99.2 Å². The number of hydrogen-bond donors (Lipinski definition) is 1. The summed E-state index contributed by atoms with van der Waals surface area (Å²) >= 11 is 5.83. The lowest BCUT2D eigenvalue weighted by molar-refractivity contribution is 0.152. The second kappa shape index (κ2) is 6.12. The zero-order chi connectivity index (χ0) is 12.0. The van der Waals surface area contributed by atoms with E-state index in [-0.39, 0.29) is 0 Å². The van der Waals surface area contributed by atoms with Crippen LogP contribution in [0.1, 0.15) is 19.4 Å². The van der Waals surface area contributed by atoms with Crippen molar-refractivity contribution in [1.29, 1.82) is 0 Å². The fourth-order valence-electron chi connectivity index (χ4n) is 1.07. The first-order chi connectivity index (χ1) is 7.63. The quantitative estimate of drug-likeness (QED) is 0.652. The topological polar surface area (TPSA) is 50.7 Å². The van der Waals surface area contributed by atoms with Gasteiger partial charge < -0.3 is 4.74 Å². The Morgan fingerprint density at radius 3 is 2.94 bits per heavy atom. The summed E-state index contributed by atoms with van der Waals surface area (Å²) in [5.74, 6) is 0. The summed E-state index contributed by atoms with van der Waals surface area (Å²) in [5, 5.41) is 4.52. The molecule has 0 aliphatic rings. The fourth-order valence-corrected chi connectivity index (χ4v) is 1.26. The lowest BCUT2D eigenvalue weighted by Gasteiger charge is -2.03. The van der Waals surface area contributed by atoms with Gasteiger partial charge in [0, 0.05) is 5.02 Å². The zero-order valence-corrected chi connectivity index (χ0v) is 9.91. The number of rotatable bonds is 3. The highest BCUT2D eigenvalue weighted by Gasteiger charge is 2.00. The van der Waals surface area contributed by atoms with Gasteiger partial charge in [-0.1, -0.05) is 23.7 Å². The number of nitrogens with zero attached hydrogens (tertiary/aromatic N) is 1. The van der Waals surface area contributed by atoms with Crippen LogP contribution in [0.25, 0.3) is 0 Å². The number of halogens is 1. The second-order valence-electron chi connectivity index (χ2n) is 3.04. The van der Waals surface area contributed by atoms with Crippen molar-refractivity contribution in [1.82, 2.24) is 5.43 Å². The predicted octanol–water partition coefficient (Wildman–Crippen LogP) is 2.81. The van der Waals surface area contributed by atoms with Gasteiger partial charge in [-0.3, -0.25) is 0 Å². The first kappa shape index (κ1) is 12.5. The molecule has 1 aromatic rings. The van der Waals surface area contributed by atoms with E-state index in [1.54, 1.807) is 26.0 Å². The number of carbonyl (C=O) groups is 1. The number of nitrogens with one attached hydrogen (secondary N) is 1. The highest BCUT2D eigenvalue weighted by Crippen LogP contribution is 2.11. The van der Waals surface area contributed by atoms with E-state index in [2.05, 4.69) is 15.3 Å². The van der Waals surface area contributed by atoms with Gasteiger partial charge in [0.15, 0.2) is 0 Å². The summed E-state index contributed by atoms with van der Waals surface area (Å²) < 4.78 is 4.67. The standard InChI is InChI=1S/C11H13ClN2O2/c1-3-16-11(15)14-13-8(2)9-5-4-6-10(12)7-9/h4-7H,3H2,1-2H3,(H,14,15)/b13-8+. The predicted molar refractivity (Wildman–Crippen MR) is 63.8 cm³/mol. The third-order valence-corrected chi connectivity index (χ3v) is 2.07. The van der Waals surface area contributed by atoms with Gasteiger partial charge >= 0.3 is 6.09 Å². The van der Waals surface area contributed by atoms with Crippen LogP contribution < -0.4 is 5.43 Å². The molecule has 5 heteroatoms. The van der Waals surface area contributed by atoms with Gasteiger partial charge in [0.1, 0.15) is 0 Å². The van der Waals surface area contributed by atoms with E-state index in [0.29, 0.717) is 17.3 Å². The highest BCUT2D eigenvalue weighted by atomic mass is 35.5. The summed E-state index contributed by atoms with van der Waals surface area (Å²) in [6, 6.07) is 7.23. The molecule has 16 heavy (non-hydrogen) atoms. The SMILES string of the molecule is CCOC(=O)N/N=C(\C)c1cccc(Cl)c1. The van der Waals surface area contributed by atoms with Crippen LogP contribution in [0.2, 0.25) is 5.02 Å². The molecule has 1 rings (SSSR count). The Bertz CT molecular complexity index is 405. The van der Waals surface area contributed by atoms with Gasteiger partial charge in [-0.25, -0.2) is 10.2 Å². The number of benzene rings is 1. The van der Waals surface area contributed by atoms with Crippen LogP contribution in [0.4, 0.5) is 4.79 Å². The molecular formula is C11H13ClN2O2. The third-order valence-electron chi connectivity index (χ3n) is 1.83. The molecule has 1 amide bonds. The minimum atomic E-state index is -0.566. The van der Waals surface area contributed by atoms with Crippen LogP contribution in [0, 0.1) is 0 Å². The molecule has 0 unspecified atom stereocenters. The molecule has 0 fully saturated rings. The van der Waals surface area contributed by atoms with Gasteiger partial charge in [-0.15, -0.1) is 0 Å². The molecule has 0 heterocycles. The van der Waals surface area contributed by atoms with Gasteiger partial charge in [0.2, 0.25) is 0 Å². The van der Waals surface area contributed by atoms with Crippen molar-refractivity contribution in [3.8, 4) is 0 Å². The molecule has 0 saturated heterocycles. The molecule has 0 radical (unpaired) electrons. The average Bonchev–Trinajstić information content (AvgIpc) is 2.26. The van der Waals surface area contributed by atoms with E-state index in [4.69, 9.17) is 11.6 Å². The summed E-state index contributed by atoms with van der Waals surface area (Å²) in [6.07, 6.45) is -0.566. The summed E-state index contributed by atoms with van der Waals surface area (Å²) in [7, 11) is 0. The molecule has 0 aliphatic carbocycles. The minimum absolute atomic E-state index is 0.317. The van der Waals surface area contributed by atoms with Crippen LogP contribution in [0.3, 0.4) is 0 Å². The third kappa shape index (κ3) is 3.90. The van der Waals surface area contributed by atoms with Crippen LogP contribution in [-0.2, 0) is 4.74 Å². The molecule has 86 valence electrons. The number of ether oxygens (including phenoxy) is 1. The van der Waals surface area contributed by atoms with E-state index in [9.17, 15) is 4.79 Å². The van der Waals surface area contributed by atoms with Crippen LogP contribution >= 0.6 is 11.6 Å². The highest BCUT2D eigenvalue weighted by molar-refractivity contribution is 6.31. The Morgan fingerprint density at radius 2 is 2.31 bits per heavy atom. The molecular weight excluding hydrogens is 228 g/mol. The maximum absolute atomic E-state index is 11.0. The van der Waals surface area contributed by atoms with Crippen LogP contribution in [0.15, 0.2) is 29.4 Å². The Hall–Kier alpha value is -1.55. The van der Waals surface area contributed by atoms with E-state index in [0.717, 1.165) is 5.56 Å². The summed E-state index contributed by atoms with van der Waals surface area (Å²) in [6.45, 7) is 3.82. The number of hydrogen-bond acceptors (Lipinski definition) is 3. The largest absolute Gasteiger partial charge is 0.449 e. The van der Waals surface area contributed by atoms with E-state index in [1.807, 2.05) is 12.1 Å². The van der Waals surface area contributed by atoms with E-state index in [1.165, 1.54) is 0 Å². The first-order valence-corrected chi connectivity index (χ1v) is 5.24. The Morgan fingerprint density at radius 1 is 1.56 bits per heavy atom. The van der Waals surface area contributed by atoms with Crippen molar-refractivity contribution in [2.75, 3.05) is 6.61 Å². The van der Waals surface area contributed by atoms with Crippen LogP contribution in [0.5, 0.6) is 0 Å². The van der Waals surface area contributed by atoms with Gasteiger partial charge in [-0.05, 0) is 31.5 Å². The first-order valence-electron chi connectivity index (χ1n) is 4.86. The smallest absolute Gasteiger partial charge is 0.427 e. The van der Waals surface area contributed by atoms with Crippen molar-refractivity contribution in [2.24, 2.45) is 5.10 Å². The lowest BCUT2D eigenvalue weighted by atomic mass is 10.1. The Kier molecular flexibility index (Phi) is 4.79. The van der Waals surface area contributed by atoms with Crippen molar-refractivity contribution < 1.29 is 9.53 Å². The molecule has 1 aromatic carbocycles. The molecule has 0 saturated carbocycles. The minimum Gasteiger partial charge on any atom is -0.449 e. The number of hydrazone groups is 1. The van der Waals surface area contributed by atoms with E-state index >= 15 is 0 Å². The lowest BCUT2D eigenvalue weighted by Crippen LogP contribution is -2.20. The fraction of sp³-hybridized carbons (Fsp3) is 0.273. The van der Waals surface area contributed by atoms with Gasteiger partial charge in [-0.2, -0.15) is 5.10 Å². The molecule has 1 N–H and O–H groups in total. The molecule has 0 bridgehead atoms. The van der Waals surface area contributed by atoms with Crippen molar-refractivity contribution >= 4 is 23.4 Å². The monoisotopic (exact) mass is 240 g/mol. The van der Waals surface area contributed by atoms with Crippen molar-refractivity contribution in [3.05, 3.63) is 34.9 Å². The maximum atomic E-state index is 11.0. The van der Waals surface area contributed by atoms with Gasteiger partial charge in [0.05, 0.1) is 12.3 Å². The molecule has 0 aromatic heterocycles. The normalized spacial score (nSPS) is 11.1. The number of carbonyl (C=O) groups excluding carboxylic acids is 1. The number of amides is 1.